The summed E-state index contributed by atoms with van der Waals surface area (Å²) in [5, 5.41) is 31.0. The minimum atomic E-state index is -1.13. The lowest BCUT2D eigenvalue weighted by Crippen LogP contribution is -2.06. The van der Waals surface area contributed by atoms with Gasteiger partial charge in [-0.2, -0.15) is 4.73 Å². The monoisotopic (exact) mass is 412 g/mol. The number of halogens is 2. The molecule has 3 N–H and O–H groups in total. The van der Waals surface area contributed by atoms with Gasteiger partial charge in [0.1, 0.15) is 0 Å². The van der Waals surface area contributed by atoms with E-state index >= 15 is 0 Å². The number of aromatic nitrogens is 2. The van der Waals surface area contributed by atoms with Crippen molar-refractivity contribution in [3.63, 3.8) is 0 Å². The quantitative estimate of drug-likeness (QED) is 0.541. The molecule has 0 radical (unpaired) electrons. The zero-order chi connectivity index (χ0) is 17.8. The first-order valence-corrected chi connectivity index (χ1v) is 8.27. The zero-order valence-corrected chi connectivity index (χ0v) is 15.1. The van der Waals surface area contributed by atoms with Gasteiger partial charge in [0.05, 0.1) is 26.9 Å². The highest BCUT2D eigenvalue weighted by atomic mass is 79.9. The third kappa shape index (κ3) is 2.35. The van der Waals surface area contributed by atoms with Crippen LogP contribution in [0.2, 0.25) is 5.02 Å². The molecular weight excluding hydrogens is 400 g/mol. The number of nitrogens with zero attached hydrogens (tertiary/aromatic N) is 2. The third-order valence-corrected chi connectivity index (χ3v) is 4.70. The lowest BCUT2D eigenvalue weighted by Gasteiger charge is -2.15. The fourth-order valence-electron chi connectivity index (χ4n) is 2.88. The molecule has 0 saturated carbocycles. The molecule has 24 heavy (non-hydrogen) atoms. The molecule has 0 fully saturated rings. The van der Waals surface area contributed by atoms with Gasteiger partial charge in [0.2, 0.25) is 5.88 Å². The van der Waals surface area contributed by atoms with Gasteiger partial charge in [-0.1, -0.05) is 17.7 Å². The van der Waals surface area contributed by atoms with Crippen molar-refractivity contribution in [3.8, 4) is 17.1 Å². The molecule has 3 aromatic rings. The number of carboxylic acids is 1. The van der Waals surface area contributed by atoms with E-state index in [9.17, 15) is 20.2 Å². The van der Waals surface area contributed by atoms with Crippen molar-refractivity contribution in [2.75, 3.05) is 0 Å². The fourth-order valence-corrected chi connectivity index (χ4v) is 3.86. The first-order chi connectivity index (χ1) is 11.2. The third-order valence-electron chi connectivity index (χ3n) is 3.85. The summed E-state index contributed by atoms with van der Waals surface area (Å²) in [5.41, 5.74) is 0.857. The van der Waals surface area contributed by atoms with Gasteiger partial charge in [0.25, 0.3) is 0 Å². The van der Waals surface area contributed by atoms with Crippen LogP contribution in [-0.4, -0.2) is 30.7 Å². The van der Waals surface area contributed by atoms with Crippen LogP contribution in [0.15, 0.2) is 28.9 Å². The van der Waals surface area contributed by atoms with Gasteiger partial charge in [0.15, 0.2) is 0 Å². The second-order valence-corrected chi connectivity index (χ2v) is 6.92. The van der Waals surface area contributed by atoms with E-state index in [4.69, 9.17) is 11.6 Å². The molecule has 8 heteroatoms. The highest BCUT2D eigenvalue weighted by molar-refractivity contribution is 9.10. The molecule has 0 atom stereocenters. The summed E-state index contributed by atoms with van der Waals surface area (Å²) >= 11 is 9.32. The molecule has 3 rings (SSSR count). The first kappa shape index (κ1) is 16.7. The average Bonchev–Trinajstić information content (AvgIpc) is 2.96. The highest BCUT2D eigenvalue weighted by Crippen LogP contribution is 2.44. The largest absolute Gasteiger partial charge is 0.492 e. The summed E-state index contributed by atoms with van der Waals surface area (Å²) < 4.78 is 2.91. The topological polar surface area (TPSA) is 87.6 Å². The number of rotatable bonds is 3. The van der Waals surface area contributed by atoms with Crippen molar-refractivity contribution in [1.82, 2.24) is 9.30 Å². The van der Waals surface area contributed by atoms with Gasteiger partial charge in [-0.25, -0.2) is 4.79 Å². The Balaban J connectivity index is 2.49. The zero-order valence-electron chi connectivity index (χ0n) is 12.8. The first-order valence-electron chi connectivity index (χ1n) is 7.10. The molecule has 0 spiro atoms. The van der Waals surface area contributed by atoms with E-state index in [-0.39, 0.29) is 17.2 Å². The van der Waals surface area contributed by atoms with Crippen LogP contribution < -0.4 is 0 Å². The van der Waals surface area contributed by atoms with Crippen LogP contribution in [0.25, 0.3) is 22.2 Å². The van der Waals surface area contributed by atoms with Crippen molar-refractivity contribution in [3.05, 3.63) is 39.5 Å². The molecule has 2 aromatic heterocycles. The Morgan fingerprint density at radius 3 is 2.54 bits per heavy atom. The maximum atomic E-state index is 11.7. The van der Waals surface area contributed by atoms with Crippen LogP contribution in [-0.2, 0) is 0 Å². The smallest absolute Gasteiger partial charge is 0.337 e. The summed E-state index contributed by atoms with van der Waals surface area (Å²) in [4.78, 5) is 11.7. The molecule has 1 aromatic carbocycles. The van der Waals surface area contributed by atoms with Crippen LogP contribution in [0.1, 0.15) is 30.2 Å². The van der Waals surface area contributed by atoms with E-state index in [2.05, 4.69) is 15.9 Å². The maximum absolute atomic E-state index is 11.7. The minimum Gasteiger partial charge on any atom is -0.492 e. The van der Waals surface area contributed by atoms with Crippen molar-refractivity contribution in [2.45, 2.75) is 19.9 Å². The van der Waals surface area contributed by atoms with Crippen molar-refractivity contribution in [1.29, 1.82) is 0 Å². The van der Waals surface area contributed by atoms with E-state index in [1.807, 2.05) is 13.8 Å². The number of benzene rings is 1. The SMILES string of the molecule is CC(C)n1c(Br)cc(C(=O)O)c1-c1c(O)n(O)c2cc(Cl)ccc12. The van der Waals surface area contributed by atoms with Crippen molar-refractivity contribution in [2.24, 2.45) is 0 Å². The lowest BCUT2D eigenvalue weighted by atomic mass is 10.1. The highest BCUT2D eigenvalue weighted by Gasteiger charge is 2.28. The van der Waals surface area contributed by atoms with Crippen molar-refractivity contribution >= 4 is 44.4 Å². The Hall–Kier alpha value is -2.12. The van der Waals surface area contributed by atoms with Crippen LogP contribution in [0.3, 0.4) is 0 Å². The van der Waals surface area contributed by atoms with Crippen molar-refractivity contribution < 1.29 is 20.2 Å². The molecule has 0 saturated heterocycles. The molecule has 0 aliphatic heterocycles. The maximum Gasteiger partial charge on any atom is 0.337 e. The van der Waals surface area contributed by atoms with Crippen LogP contribution in [0.4, 0.5) is 0 Å². The number of aromatic carboxylic acids is 1. The summed E-state index contributed by atoms with van der Waals surface area (Å²) in [6.45, 7) is 3.79. The van der Waals surface area contributed by atoms with E-state index in [1.54, 1.807) is 16.7 Å². The molecule has 0 aliphatic rings. The number of hydrogen-bond donors (Lipinski definition) is 3. The Morgan fingerprint density at radius 2 is 1.96 bits per heavy atom. The van der Waals surface area contributed by atoms with Gasteiger partial charge in [0, 0.05) is 16.5 Å². The molecule has 6 nitrogen and oxygen atoms in total. The second kappa shape index (κ2) is 5.75. The molecule has 2 heterocycles. The summed E-state index contributed by atoms with van der Waals surface area (Å²) in [6.07, 6.45) is 0. The number of carbonyl (C=O) groups is 1. The summed E-state index contributed by atoms with van der Waals surface area (Å²) in [6, 6.07) is 6.15. The van der Waals surface area contributed by atoms with Gasteiger partial charge >= 0.3 is 5.97 Å². The van der Waals surface area contributed by atoms with E-state index in [1.165, 1.54) is 12.1 Å². The Labute approximate surface area is 150 Å². The van der Waals surface area contributed by atoms with E-state index in [0.29, 0.717) is 31.0 Å². The van der Waals surface area contributed by atoms with E-state index < -0.39 is 11.8 Å². The molecule has 0 unspecified atom stereocenters. The summed E-state index contributed by atoms with van der Waals surface area (Å²) in [5.74, 6) is -1.57. The summed E-state index contributed by atoms with van der Waals surface area (Å²) in [7, 11) is 0. The van der Waals surface area contributed by atoms with Crippen LogP contribution in [0.5, 0.6) is 5.88 Å². The number of hydrogen-bond acceptors (Lipinski definition) is 3. The van der Waals surface area contributed by atoms with Gasteiger partial charge in [-0.15, -0.1) is 0 Å². The van der Waals surface area contributed by atoms with Crippen LogP contribution >= 0.6 is 27.5 Å². The predicted molar refractivity (Wildman–Crippen MR) is 94.3 cm³/mol. The standard InChI is InChI=1S/C16H14BrClN2O4/c1-7(2)19-12(17)6-10(16(22)23)14(19)13-9-4-3-8(18)5-11(9)20(24)15(13)21/h3-7,21,24H,1-2H3,(H,22,23). The van der Waals surface area contributed by atoms with Gasteiger partial charge in [-0.05, 0) is 48.0 Å². The Morgan fingerprint density at radius 1 is 1.29 bits per heavy atom. The Bertz CT molecular complexity index is 975. The second-order valence-electron chi connectivity index (χ2n) is 5.67. The predicted octanol–water partition coefficient (Wildman–Crippen LogP) is 4.75. The molecule has 0 amide bonds. The number of aromatic hydroxyl groups is 1. The Kier molecular flexibility index (Phi) is 4.01. The molecule has 126 valence electrons. The molecular formula is C16H14BrClN2O4. The lowest BCUT2D eigenvalue weighted by molar-refractivity contribution is 0.0697. The van der Waals surface area contributed by atoms with Gasteiger partial charge in [-0.3, -0.25) is 0 Å². The fraction of sp³-hybridized carbons (Fsp3) is 0.188. The number of fused-ring (bicyclic) bond motifs is 1. The molecule has 0 bridgehead atoms. The average molecular weight is 414 g/mol. The molecule has 0 aliphatic carbocycles. The van der Waals surface area contributed by atoms with Crippen LogP contribution in [0, 0.1) is 0 Å². The van der Waals surface area contributed by atoms with E-state index in [0.717, 1.165) is 0 Å². The normalized spacial score (nSPS) is 11.5. The minimum absolute atomic E-state index is 0.0216. The van der Waals surface area contributed by atoms with Gasteiger partial charge < -0.3 is 20.0 Å². The number of carboxylic acid groups (broad SMARTS) is 1.